The molecule has 1 aliphatic heterocycles. The van der Waals surface area contributed by atoms with Gasteiger partial charge in [0.15, 0.2) is 5.78 Å². The zero-order valence-electron chi connectivity index (χ0n) is 19.4. The van der Waals surface area contributed by atoms with Crippen molar-refractivity contribution < 1.29 is 14.4 Å². The van der Waals surface area contributed by atoms with E-state index in [1.54, 1.807) is 0 Å². The third kappa shape index (κ3) is 6.06. The number of amides is 2. The summed E-state index contributed by atoms with van der Waals surface area (Å²) in [4.78, 5) is 39.7. The summed E-state index contributed by atoms with van der Waals surface area (Å²) in [6.07, 6.45) is 2.66. The number of rotatable bonds is 8. The number of nitrogens with one attached hydrogen (secondary N) is 1. The van der Waals surface area contributed by atoms with Gasteiger partial charge in [-0.15, -0.1) is 0 Å². The van der Waals surface area contributed by atoms with E-state index in [0.717, 1.165) is 36.0 Å². The van der Waals surface area contributed by atoms with Crippen molar-refractivity contribution in [1.29, 1.82) is 0 Å². The molecule has 5 nitrogen and oxygen atoms in total. The Kier molecular flexibility index (Phi) is 8.20. The number of piperidine rings is 1. The summed E-state index contributed by atoms with van der Waals surface area (Å²) in [6, 6.07) is 15.6. The van der Waals surface area contributed by atoms with E-state index in [0.29, 0.717) is 18.7 Å². The lowest BCUT2D eigenvalue weighted by Gasteiger charge is -2.34. The van der Waals surface area contributed by atoms with Crippen molar-refractivity contribution in [2.45, 2.75) is 64.8 Å². The van der Waals surface area contributed by atoms with Crippen molar-refractivity contribution in [3.8, 4) is 0 Å². The van der Waals surface area contributed by atoms with Crippen molar-refractivity contribution in [2.75, 3.05) is 13.1 Å². The first kappa shape index (κ1) is 23.7. The third-order valence-electron chi connectivity index (χ3n) is 6.49. The van der Waals surface area contributed by atoms with Crippen LogP contribution in [0.3, 0.4) is 0 Å². The van der Waals surface area contributed by atoms with Crippen LogP contribution in [-0.2, 0) is 9.59 Å². The van der Waals surface area contributed by atoms with Crippen LogP contribution in [0.2, 0.25) is 0 Å². The molecular formula is C27H34N2O3. The molecule has 0 bridgehead atoms. The molecule has 1 atom stereocenters. The van der Waals surface area contributed by atoms with Crippen LogP contribution in [0.5, 0.6) is 0 Å². The minimum absolute atomic E-state index is 0.00446. The Bertz CT molecular complexity index is 947. The number of hydrogen-bond acceptors (Lipinski definition) is 3. The minimum atomic E-state index is -0.112. The summed E-state index contributed by atoms with van der Waals surface area (Å²) in [5.74, 6) is -0.0425. The van der Waals surface area contributed by atoms with Gasteiger partial charge in [-0.05, 0) is 55.9 Å². The molecule has 1 fully saturated rings. The van der Waals surface area contributed by atoms with Crippen LogP contribution in [0.1, 0.15) is 72.0 Å². The summed E-state index contributed by atoms with van der Waals surface area (Å²) in [5, 5.41) is 3.05. The van der Waals surface area contributed by atoms with Crippen LogP contribution < -0.4 is 5.32 Å². The molecule has 1 saturated heterocycles. The van der Waals surface area contributed by atoms with Gasteiger partial charge in [-0.2, -0.15) is 0 Å². The van der Waals surface area contributed by atoms with Gasteiger partial charge in [-0.3, -0.25) is 14.4 Å². The Balaban J connectivity index is 1.44. The summed E-state index contributed by atoms with van der Waals surface area (Å²) in [7, 11) is 0. The predicted octanol–water partition coefficient (Wildman–Crippen LogP) is 4.57. The molecular weight excluding hydrogens is 400 g/mol. The van der Waals surface area contributed by atoms with E-state index in [1.807, 2.05) is 74.2 Å². The van der Waals surface area contributed by atoms with Gasteiger partial charge in [-0.25, -0.2) is 0 Å². The van der Waals surface area contributed by atoms with Gasteiger partial charge in [0.1, 0.15) is 0 Å². The van der Waals surface area contributed by atoms with Crippen molar-refractivity contribution in [3.63, 3.8) is 0 Å². The highest BCUT2D eigenvalue weighted by molar-refractivity contribution is 5.98. The number of carbonyl (C=O) groups is 3. The fourth-order valence-electron chi connectivity index (χ4n) is 4.29. The first-order chi connectivity index (χ1) is 15.4. The molecule has 2 aromatic rings. The number of hydrogen-bond donors (Lipinski definition) is 1. The molecule has 0 spiro atoms. The number of nitrogens with zero attached hydrogens (tertiary/aromatic N) is 1. The van der Waals surface area contributed by atoms with Crippen molar-refractivity contribution >= 4 is 17.6 Å². The molecule has 0 aliphatic carbocycles. The lowest BCUT2D eigenvalue weighted by molar-refractivity contribution is -0.134. The summed E-state index contributed by atoms with van der Waals surface area (Å²) in [5.41, 5.74) is 3.96. The molecule has 1 unspecified atom stereocenters. The molecule has 0 radical (unpaired) electrons. The van der Waals surface area contributed by atoms with Crippen molar-refractivity contribution in [1.82, 2.24) is 10.2 Å². The van der Waals surface area contributed by atoms with Crippen molar-refractivity contribution in [2.24, 2.45) is 0 Å². The topological polar surface area (TPSA) is 66.5 Å². The number of ketones is 1. The fourth-order valence-corrected chi connectivity index (χ4v) is 4.29. The maximum atomic E-state index is 13.0. The van der Waals surface area contributed by atoms with Gasteiger partial charge in [0.25, 0.3) is 0 Å². The lowest BCUT2D eigenvalue weighted by Crippen LogP contribution is -2.47. The highest BCUT2D eigenvalue weighted by Gasteiger charge is 2.28. The molecule has 1 heterocycles. The minimum Gasteiger partial charge on any atom is -0.353 e. The molecule has 1 N–H and O–H groups in total. The van der Waals surface area contributed by atoms with Gasteiger partial charge in [-0.1, -0.05) is 49.4 Å². The number of benzene rings is 2. The standard InChI is InChI=1S/C27H34N2O3/c1-4-24(21-8-6-5-7-9-21)27(32)29-16-14-23(15-17-29)28-26(31)13-12-25(30)22-11-10-19(2)20(3)18-22/h5-11,18,23-24H,4,12-17H2,1-3H3,(H,28,31). The van der Waals surface area contributed by atoms with E-state index in [-0.39, 0.29) is 42.4 Å². The van der Waals surface area contributed by atoms with E-state index in [9.17, 15) is 14.4 Å². The van der Waals surface area contributed by atoms with Crippen LogP contribution >= 0.6 is 0 Å². The molecule has 1 aliphatic rings. The van der Waals surface area contributed by atoms with Gasteiger partial charge in [0.05, 0.1) is 5.92 Å². The average molecular weight is 435 g/mol. The monoisotopic (exact) mass is 434 g/mol. The Morgan fingerprint density at radius 2 is 1.66 bits per heavy atom. The second-order valence-corrected chi connectivity index (χ2v) is 8.76. The van der Waals surface area contributed by atoms with Gasteiger partial charge in [0, 0.05) is 37.5 Å². The summed E-state index contributed by atoms with van der Waals surface area (Å²) in [6.45, 7) is 7.34. The molecule has 0 saturated carbocycles. The number of aryl methyl sites for hydroxylation is 2. The normalized spacial score (nSPS) is 15.3. The van der Waals surface area contributed by atoms with Gasteiger partial charge >= 0.3 is 0 Å². The van der Waals surface area contributed by atoms with Gasteiger partial charge in [0.2, 0.25) is 11.8 Å². The van der Waals surface area contributed by atoms with Crippen LogP contribution in [0.15, 0.2) is 48.5 Å². The molecule has 0 aromatic heterocycles. The first-order valence-electron chi connectivity index (χ1n) is 11.6. The molecule has 5 heteroatoms. The van der Waals surface area contributed by atoms with Crippen LogP contribution in [0, 0.1) is 13.8 Å². The van der Waals surface area contributed by atoms with Crippen LogP contribution in [0.4, 0.5) is 0 Å². The Hall–Kier alpha value is -2.95. The van der Waals surface area contributed by atoms with Crippen LogP contribution in [0.25, 0.3) is 0 Å². The maximum absolute atomic E-state index is 13.0. The lowest BCUT2D eigenvalue weighted by atomic mass is 9.93. The fraction of sp³-hybridized carbons (Fsp3) is 0.444. The Morgan fingerprint density at radius 3 is 2.28 bits per heavy atom. The quantitative estimate of drug-likeness (QED) is 0.619. The highest BCUT2D eigenvalue weighted by atomic mass is 16.2. The zero-order chi connectivity index (χ0) is 23.1. The number of Topliss-reactive ketones (excluding diaryl/α,β-unsaturated/α-hetero) is 1. The number of carbonyl (C=O) groups excluding carboxylic acids is 3. The second kappa shape index (κ2) is 11.1. The SMILES string of the molecule is CCC(C(=O)N1CCC(NC(=O)CCC(=O)c2ccc(C)c(C)c2)CC1)c1ccccc1. The zero-order valence-corrected chi connectivity index (χ0v) is 19.4. The van der Waals surface area contributed by atoms with Crippen molar-refractivity contribution in [3.05, 3.63) is 70.8 Å². The van der Waals surface area contributed by atoms with Gasteiger partial charge < -0.3 is 10.2 Å². The highest BCUT2D eigenvalue weighted by Crippen LogP contribution is 2.24. The molecule has 2 amide bonds. The Labute approximate surface area is 191 Å². The van der Waals surface area contributed by atoms with E-state index in [4.69, 9.17) is 0 Å². The largest absolute Gasteiger partial charge is 0.353 e. The average Bonchev–Trinajstić information content (AvgIpc) is 2.81. The Morgan fingerprint density at radius 1 is 0.969 bits per heavy atom. The summed E-state index contributed by atoms with van der Waals surface area (Å²) >= 11 is 0. The van der Waals surface area contributed by atoms with Crippen LogP contribution in [-0.4, -0.2) is 41.6 Å². The first-order valence-corrected chi connectivity index (χ1v) is 11.6. The molecule has 3 rings (SSSR count). The molecule has 2 aromatic carbocycles. The number of likely N-dealkylation sites (tertiary alicyclic amines) is 1. The van der Waals surface area contributed by atoms with E-state index in [1.165, 1.54) is 0 Å². The van der Waals surface area contributed by atoms with E-state index < -0.39 is 0 Å². The molecule has 32 heavy (non-hydrogen) atoms. The smallest absolute Gasteiger partial charge is 0.230 e. The van der Waals surface area contributed by atoms with E-state index in [2.05, 4.69) is 5.32 Å². The van der Waals surface area contributed by atoms with E-state index >= 15 is 0 Å². The second-order valence-electron chi connectivity index (χ2n) is 8.76. The summed E-state index contributed by atoms with van der Waals surface area (Å²) < 4.78 is 0. The predicted molar refractivity (Wildman–Crippen MR) is 127 cm³/mol. The third-order valence-corrected chi connectivity index (χ3v) is 6.49. The molecule has 170 valence electrons. The maximum Gasteiger partial charge on any atom is 0.230 e.